The molecule has 1 saturated heterocycles. The molecule has 156 valence electrons. The molecule has 0 bridgehead atoms. The summed E-state index contributed by atoms with van der Waals surface area (Å²) in [6.07, 6.45) is 4.60. The van der Waals surface area contributed by atoms with Gasteiger partial charge >= 0.3 is 0 Å². The number of nitrogens with zero attached hydrogens (tertiary/aromatic N) is 1. The standard InChI is InChI=1S/C21H31N3O3.ClH/c1-27-18-7-5-15(6-8-18)14-23-20(25)16-9-11-24(12-10-16)21(26)19-4-2-3-17(19)13-22;/h5-8,16-17,19H,2-4,9-14,22H2,1H3,(H,23,25);1H/t17-,19-;/m1./s1. The van der Waals surface area contributed by atoms with Crippen molar-refractivity contribution in [3.63, 3.8) is 0 Å². The number of amides is 2. The highest BCUT2D eigenvalue weighted by Crippen LogP contribution is 2.33. The summed E-state index contributed by atoms with van der Waals surface area (Å²) in [5.74, 6) is 1.56. The smallest absolute Gasteiger partial charge is 0.226 e. The molecule has 1 heterocycles. The van der Waals surface area contributed by atoms with Crippen molar-refractivity contribution in [2.24, 2.45) is 23.5 Å². The molecule has 0 spiro atoms. The van der Waals surface area contributed by atoms with Crippen LogP contribution in [0.2, 0.25) is 0 Å². The lowest BCUT2D eigenvalue weighted by molar-refractivity contribution is -0.140. The Kier molecular flexibility index (Phi) is 8.58. The minimum Gasteiger partial charge on any atom is -0.497 e. The highest BCUT2D eigenvalue weighted by atomic mass is 35.5. The van der Waals surface area contributed by atoms with E-state index in [1.54, 1.807) is 7.11 Å². The maximum absolute atomic E-state index is 12.8. The second-order valence-electron chi connectivity index (χ2n) is 7.70. The van der Waals surface area contributed by atoms with Gasteiger partial charge in [-0.25, -0.2) is 0 Å². The molecule has 1 aliphatic heterocycles. The molecule has 2 aliphatic rings. The summed E-state index contributed by atoms with van der Waals surface area (Å²) < 4.78 is 5.14. The molecule has 0 aromatic heterocycles. The minimum absolute atomic E-state index is 0. The number of likely N-dealkylation sites (tertiary alicyclic amines) is 1. The van der Waals surface area contributed by atoms with Crippen LogP contribution in [0, 0.1) is 17.8 Å². The van der Waals surface area contributed by atoms with Gasteiger partial charge in [-0.15, -0.1) is 12.4 Å². The Hall–Kier alpha value is -1.79. The fraction of sp³-hybridized carbons (Fsp3) is 0.619. The maximum atomic E-state index is 12.8. The van der Waals surface area contributed by atoms with Crippen LogP contribution in [-0.4, -0.2) is 43.5 Å². The number of hydrogen-bond acceptors (Lipinski definition) is 4. The minimum atomic E-state index is -0.0128. The number of methoxy groups -OCH3 is 1. The van der Waals surface area contributed by atoms with Crippen molar-refractivity contribution in [2.45, 2.75) is 38.6 Å². The van der Waals surface area contributed by atoms with Gasteiger partial charge in [-0.3, -0.25) is 9.59 Å². The molecule has 7 heteroatoms. The van der Waals surface area contributed by atoms with Crippen molar-refractivity contribution in [2.75, 3.05) is 26.7 Å². The second-order valence-corrected chi connectivity index (χ2v) is 7.70. The van der Waals surface area contributed by atoms with Crippen LogP contribution in [0.5, 0.6) is 5.75 Å². The SMILES string of the molecule is COc1ccc(CNC(=O)C2CCN(C(=O)[C@@H]3CCC[C@@H]3CN)CC2)cc1.Cl. The molecule has 1 aliphatic carbocycles. The van der Waals surface area contributed by atoms with Gasteiger partial charge < -0.3 is 20.7 Å². The zero-order valence-corrected chi connectivity index (χ0v) is 17.4. The number of halogens is 1. The molecule has 1 saturated carbocycles. The lowest BCUT2D eigenvalue weighted by atomic mass is 9.91. The van der Waals surface area contributed by atoms with Gasteiger partial charge in [-0.05, 0) is 55.8 Å². The topological polar surface area (TPSA) is 84.7 Å². The van der Waals surface area contributed by atoms with Crippen LogP contribution >= 0.6 is 12.4 Å². The van der Waals surface area contributed by atoms with Crippen LogP contribution in [0.4, 0.5) is 0 Å². The fourth-order valence-electron chi connectivity index (χ4n) is 4.32. The molecule has 6 nitrogen and oxygen atoms in total. The Bertz CT molecular complexity index is 645. The maximum Gasteiger partial charge on any atom is 0.226 e. The molecule has 2 amide bonds. The van der Waals surface area contributed by atoms with Crippen LogP contribution in [-0.2, 0) is 16.1 Å². The van der Waals surface area contributed by atoms with Crippen molar-refractivity contribution in [1.29, 1.82) is 0 Å². The zero-order valence-electron chi connectivity index (χ0n) is 16.6. The van der Waals surface area contributed by atoms with E-state index in [0.29, 0.717) is 32.1 Å². The Balaban J connectivity index is 0.00000280. The molecule has 0 unspecified atom stereocenters. The van der Waals surface area contributed by atoms with Crippen molar-refractivity contribution in [1.82, 2.24) is 10.2 Å². The molecule has 3 N–H and O–H groups in total. The molecule has 2 atom stereocenters. The first-order chi connectivity index (χ1) is 13.1. The summed E-state index contributed by atoms with van der Waals surface area (Å²) in [6.45, 7) is 2.46. The molecular weight excluding hydrogens is 378 g/mol. The van der Waals surface area contributed by atoms with E-state index in [1.165, 1.54) is 0 Å². The summed E-state index contributed by atoms with van der Waals surface area (Å²) in [6, 6.07) is 7.69. The predicted octanol–water partition coefficient (Wildman–Crippen LogP) is 2.35. The van der Waals surface area contributed by atoms with E-state index in [1.807, 2.05) is 29.2 Å². The summed E-state index contributed by atoms with van der Waals surface area (Å²) in [7, 11) is 1.64. The number of benzene rings is 1. The third-order valence-corrected chi connectivity index (χ3v) is 6.08. The van der Waals surface area contributed by atoms with Gasteiger partial charge in [0.2, 0.25) is 11.8 Å². The predicted molar refractivity (Wildman–Crippen MR) is 111 cm³/mol. The normalized spacial score (nSPS) is 22.4. The van der Waals surface area contributed by atoms with Gasteiger partial charge in [0.1, 0.15) is 5.75 Å². The summed E-state index contributed by atoms with van der Waals surface area (Å²) in [5.41, 5.74) is 6.87. The first-order valence-electron chi connectivity index (χ1n) is 10.0. The van der Waals surface area contributed by atoms with Gasteiger partial charge in [-0.2, -0.15) is 0 Å². The fourth-order valence-corrected chi connectivity index (χ4v) is 4.32. The second kappa shape index (κ2) is 10.7. The van der Waals surface area contributed by atoms with Crippen LogP contribution in [0.1, 0.15) is 37.7 Å². The number of carbonyl (C=O) groups is 2. The van der Waals surface area contributed by atoms with Crippen molar-refractivity contribution >= 4 is 24.2 Å². The van der Waals surface area contributed by atoms with Crippen LogP contribution in [0.15, 0.2) is 24.3 Å². The molecule has 1 aromatic rings. The highest BCUT2D eigenvalue weighted by molar-refractivity contribution is 5.85. The monoisotopic (exact) mass is 409 g/mol. The Labute approximate surface area is 173 Å². The molecule has 1 aromatic carbocycles. The number of ether oxygens (including phenoxy) is 1. The van der Waals surface area contributed by atoms with E-state index < -0.39 is 0 Å². The van der Waals surface area contributed by atoms with Crippen molar-refractivity contribution in [3.8, 4) is 5.75 Å². The lowest BCUT2D eigenvalue weighted by Gasteiger charge is -2.34. The largest absolute Gasteiger partial charge is 0.497 e. The Morgan fingerprint density at radius 1 is 1.14 bits per heavy atom. The average Bonchev–Trinajstić information content (AvgIpc) is 3.20. The summed E-state index contributed by atoms with van der Waals surface area (Å²) in [5, 5.41) is 3.02. The molecule has 3 rings (SSSR count). The quantitative estimate of drug-likeness (QED) is 0.755. The average molecular weight is 410 g/mol. The number of nitrogens with one attached hydrogen (secondary N) is 1. The third kappa shape index (κ3) is 5.39. The van der Waals surface area contributed by atoms with E-state index in [-0.39, 0.29) is 36.1 Å². The number of nitrogens with two attached hydrogens (primary N) is 1. The lowest BCUT2D eigenvalue weighted by Crippen LogP contribution is -2.46. The number of hydrogen-bond donors (Lipinski definition) is 2. The van der Waals surface area contributed by atoms with Gasteiger partial charge in [0, 0.05) is 31.5 Å². The number of rotatable bonds is 6. The third-order valence-electron chi connectivity index (χ3n) is 6.08. The van der Waals surface area contributed by atoms with Gasteiger partial charge in [0.05, 0.1) is 7.11 Å². The van der Waals surface area contributed by atoms with Gasteiger partial charge in [-0.1, -0.05) is 18.6 Å². The first-order valence-corrected chi connectivity index (χ1v) is 10.0. The van der Waals surface area contributed by atoms with E-state index in [9.17, 15) is 9.59 Å². The van der Waals surface area contributed by atoms with E-state index in [4.69, 9.17) is 10.5 Å². The van der Waals surface area contributed by atoms with Crippen LogP contribution in [0.3, 0.4) is 0 Å². The van der Waals surface area contributed by atoms with Crippen molar-refractivity contribution < 1.29 is 14.3 Å². The first kappa shape index (κ1) is 22.5. The van der Waals surface area contributed by atoms with Crippen molar-refractivity contribution in [3.05, 3.63) is 29.8 Å². The summed E-state index contributed by atoms with van der Waals surface area (Å²) in [4.78, 5) is 27.2. The van der Waals surface area contributed by atoms with Crippen LogP contribution in [0.25, 0.3) is 0 Å². The Morgan fingerprint density at radius 3 is 2.43 bits per heavy atom. The molecule has 0 radical (unpaired) electrons. The van der Waals surface area contributed by atoms with Crippen LogP contribution < -0.4 is 15.8 Å². The zero-order chi connectivity index (χ0) is 19.2. The van der Waals surface area contributed by atoms with E-state index in [0.717, 1.165) is 43.4 Å². The molecule has 2 fully saturated rings. The summed E-state index contributed by atoms with van der Waals surface area (Å²) >= 11 is 0. The molecular formula is C21H32ClN3O3. The number of piperidine rings is 1. The highest BCUT2D eigenvalue weighted by Gasteiger charge is 2.36. The number of carbonyl (C=O) groups excluding carboxylic acids is 2. The van der Waals surface area contributed by atoms with E-state index >= 15 is 0 Å². The van der Waals surface area contributed by atoms with Gasteiger partial charge in [0.25, 0.3) is 0 Å². The van der Waals surface area contributed by atoms with E-state index in [2.05, 4.69) is 5.32 Å². The van der Waals surface area contributed by atoms with Gasteiger partial charge in [0.15, 0.2) is 0 Å². The Morgan fingerprint density at radius 2 is 1.82 bits per heavy atom. The molecule has 28 heavy (non-hydrogen) atoms.